The molecule has 0 saturated heterocycles. The Morgan fingerprint density at radius 1 is 0.730 bits per heavy atom. The summed E-state index contributed by atoms with van der Waals surface area (Å²) in [4.78, 5) is 49.5. The lowest BCUT2D eigenvalue weighted by Gasteiger charge is -2.06. The second kappa shape index (κ2) is 20.3. The van der Waals surface area contributed by atoms with E-state index in [1.54, 1.807) is 24.8 Å². The molecule has 0 aliphatic rings. The van der Waals surface area contributed by atoms with Gasteiger partial charge in [0.2, 0.25) is 0 Å². The number of carbonyl (C=O) groups is 3. The molecule has 4 heterocycles. The number of nitrogens with zero attached hydrogens (tertiary/aromatic N) is 8. The van der Waals surface area contributed by atoms with Crippen LogP contribution in [0.1, 0.15) is 8.80 Å². The van der Waals surface area contributed by atoms with E-state index in [1.165, 1.54) is 68.4 Å². The van der Waals surface area contributed by atoms with Crippen molar-refractivity contribution in [2.45, 2.75) is 7.43 Å². The molecule has 37 heavy (non-hydrogen) atoms. The van der Waals surface area contributed by atoms with Gasteiger partial charge in [0.1, 0.15) is 38.5 Å². The molecule has 0 spiro atoms. The van der Waals surface area contributed by atoms with Crippen molar-refractivity contribution in [3.63, 3.8) is 0 Å². The molecule has 0 aliphatic heterocycles. The minimum Gasteiger partial charge on any atom is -0.445 e. The molecule has 202 valence electrons. The van der Waals surface area contributed by atoms with Crippen LogP contribution < -0.4 is 0 Å². The second-order valence-electron chi connectivity index (χ2n) is 5.84. The fraction of sp³-hybridized carbons (Fsp3) is 0.286. The van der Waals surface area contributed by atoms with Crippen molar-refractivity contribution in [3.8, 4) is 0 Å². The van der Waals surface area contributed by atoms with Crippen LogP contribution in [0.15, 0.2) is 74.9 Å². The number of hydrogen-bond donors (Lipinski definition) is 2. The third-order valence-corrected chi connectivity index (χ3v) is 3.52. The molecule has 0 fully saturated rings. The molecule has 16 heteroatoms. The lowest BCUT2D eigenvalue weighted by atomic mass is 10.7. The van der Waals surface area contributed by atoms with E-state index in [4.69, 9.17) is 21.1 Å². The number of halogens is 1. The van der Waals surface area contributed by atoms with Crippen molar-refractivity contribution in [2.24, 2.45) is 0 Å². The highest BCUT2D eigenvalue weighted by Crippen LogP contribution is 1.93. The zero-order valence-electron chi connectivity index (χ0n) is 19.9. The minimum absolute atomic E-state index is 0. The Hall–Kier alpha value is -3.90. The van der Waals surface area contributed by atoms with Crippen LogP contribution in [0.2, 0.25) is 0 Å². The highest BCUT2D eigenvalue weighted by atomic mass is 127. The normalized spacial score (nSPS) is 9.43. The summed E-state index contributed by atoms with van der Waals surface area (Å²) >= 11 is 1.96. The SMILES string of the molecule is C.O=C(OCCOC(=O)n1ccnc1)n1ccnc1.O=C(n1ccnc1)n1ccnc1.OCCO.[2H]CI. The Morgan fingerprint density at radius 2 is 1.03 bits per heavy atom. The number of imidazole rings is 4. The van der Waals surface area contributed by atoms with Gasteiger partial charge in [-0.25, -0.2) is 43.5 Å². The highest BCUT2D eigenvalue weighted by Gasteiger charge is 2.07. The van der Waals surface area contributed by atoms with Gasteiger partial charge in [-0.15, -0.1) is 0 Å². The zero-order chi connectivity index (χ0) is 27.3. The maximum absolute atomic E-state index is 11.4. The van der Waals surface area contributed by atoms with Crippen molar-refractivity contribution in [1.82, 2.24) is 38.2 Å². The van der Waals surface area contributed by atoms with E-state index >= 15 is 0 Å². The van der Waals surface area contributed by atoms with Gasteiger partial charge in [0.05, 0.1) is 13.2 Å². The summed E-state index contributed by atoms with van der Waals surface area (Å²) in [5, 5.41) is 15.2. The van der Waals surface area contributed by atoms with Gasteiger partial charge in [-0.1, -0.05) is 30.0 Å². The largest absolute Gasteiger partial charge is 0.445 e. The Kier molecular flexibility index (Phi) is 17.1. The summed E-state index contributed by atoms with van der Waals surface area (Å²) in [7, 11) is 0. The average Bonchev–Trinajstić information content (AvgIpc) is 3.75. The van der Waals surface area contributed by atoms with Crippen LogP contribution in [0.5, 0.6) is 0 Å². The first-order chi connectivity index (χ1) is 18.0. The van der Waals surface area contributed by atoms with Gasteiger partial charge in [-0.05, 0) is 4.91 Å². The smallest absolute Gasteiger partial charge is 0.419 e. The molecule has 0 aliphatic carbocycles. The van der Waals surface area contributed by atoms with Crippen LogP contribution >= 0.6 is 22.6 Å². The number of aliphatic hydroxyl groups is 2. The molecule has 0 atom stereocenters. The Bertz CT molecular complexity index is 1020. The molecule has 0 radical (unpaired) electrons. The van der Waals surface area contributed by atoms with Crippen molar-refractivity contribution >= 4 is 40.8 Å². The van der Waals surface area contributed by atoms with E-state index in [9.17, 15) is 14.4 Å². The van der Waals surface area contributed by atoms with Crippen LogP contribution in [-0.4, -0.2) is 98.0 Å². The average molecular weight is 633 g/mol. The standard InChI is InChI=1S/C10H10N4O4.C7H6N4O.C2H6O2.CH3I.CH4/c15-9(13-3-1-11-7-13)17-5-6-18-10(16)14-4-2-12-8-14;12-7(10-3-1-8-5-10)11-4-2-9-6-11;3-1-2-4;1-2;/h1-4,7-8H,5-6H2;1-6H;3-4H,1-2H2;1H3;1H4/i;;;1D;. The van der Waals surface area contributed by atoms with Gasteiger partial charge in [0.25, 0.3) is 0 Å². The number of ether oxygens (including phenoxy) is 2. The summed E-state index contributed by atoms with van der Waals surface area (Å²) in [6.07, 6.45) is 16.5. The Balaban J connectivity index is 0.000000590. The van der Waals surface area contributed by atoms with E-state index in [-0.39, 0.29) is 39.9 Å². The molecular formula is C21H29IN8O7. The fourth-order valence-electron chi connectivity index (χ4n) is 2.02. The number of aliphatic hydroxyl groups excluding tert-OH is 2. The van der Waals surface area contributed by atoms with Gasteiger partial charge in [-0.2, -0.15) is 0 Å². The highest BCUT2D eigenvalue weighted by molar-refractivity contribution is 14.1. The van der Waals surface area contributed by atoms with Gasteiger partial charge in [0, 0.05) is 50.9 Å². The number of hydrogen-bond acceptors (Lipinski definition) is 11. The first-order valence-electron chi connectivity index (χ1n) is 10.6. The summed E-state index contributed by atoms with van der Waals surface area (Å²) in [5.74, 6) is 0. The Morgan fingerprint density at radius 3 is 1.27 bits per heavy atom. The quantitative estimate of drug-likeness (QED) is 0.191. The van der Waals surface area contributed by atoms with Crippen molar-refractivity contribution in [1.29, 1.82) is 0 Å². The van der Waals surface area contributed by atoms with Gasteiger partial charge >= 0.3 is 18.2 Å². The number of aromatic nitrogens is 8. The van der Waals surface area contributed by atoms with E-state index in [0.717, 1.165) is 0 Å². The molecule has 0 bridgehead atoms. The van der Waals surface area contributed by atoms with Crippen LogP contribution in [-0.2, 0) is 9.47 Å². The van der Waals surface area contributed by atoms with Crippen LogP contribution in [0.4, 0.5) is 14.4 Å². The monoisotopic (exact) mass is 633 g/mol. The number of carbonyl (C=O) groups excluding carboxylic acids is 3. The van der Waals surface area contributed by atoms with Crippen LogP contribution in [0.3, 0.4) is 0 Å². The molecule has 15 nitrogen and oxygen atoms in total. The predicted octanol–water partition coefficient (Wildman–Crippen LogP) is 2.00. The molecule has 0 amide bonds. The molecule has 0 unspecified atom stereocenters. The summed E-state index contributed by atoms with van der Waals surface area (Å²) < 4.78 is 21.0. The summed E-state index contributed by atoms with van der Waals surface area (Å²) in [5.41, 5.74) is 0. The first-order valence-corrected chi connectivity index (χ1v) is 11.4. The Labute approximate surface area is 227 Å². The van der Waals surface area contributed by atoms with Gasteiger partial charge in [0.15, 0.2) is 0 Å². The van der Waals surface area contributed by atoms with Crippen molar-refractivity contribution in [3.05, 3.63) is 74.9 Å². The summed E-state index contributed by atoms with van der Waals surface area (Å²) in [6.45, 7) is -0.311. The molecular weight excluding hydrogens is 603 g/mol. The van der Waals surface area contributed by atoms with E-state index < -0.39 is 12.2 Å². The van der Waals surface area contributed by atoms with Crippen molar-refractivity contribution in [2.75, 3.05) is 31.3 Å². The maximum Gasteiger partial charge on any atom is 0.419 e. The third-order valence-electron chi connectivity index (χ3n) is 3.52. The predicted molar refractivity (Wildman–Crippen MR) is 139 cm³/mol. The first kappa shape index (κ1) is 31.1. The maximum atomic E-state index is 11.4. The lowest BCUT2D eigenvalue weighted by Crippen LogP contribution is -2.19. The topological polar surface area (TPSA) is 181 Å². The molecule has 4 aromatic heterocycles. The molecule has 2 N–H and O–H groups in total. The molecule has 0 saturated carbocycles. The number of rotatable bonds is 4. The van der Waals surface area contributed by atoms with Gasteiger partial charge in [-0.3, -0.25) is 9.13 Å². The van der Waals surface area contributed by atoms with E-state index in [1.807, 2.05) is 22.6 Å². The van der Waals surface area contributed by atoms with Crippen LogP contribution in [0, 0.1) is 0 Å². The lowest BCUT2D eigenvalue weighted by molar-refractivity contribution is 0.0970. The minimum atomic E-state index is -0.578. The van der Waals surface area contributed by atoms with Crippen molar-refractivity contribution < 1.29 is 35.4 Å². The molecule has 0 aromatic carbocycles. The zero-order valence-corrected chi connectivity index (χ0v) is 21.0. The molecule has 4 aromatic rings. The van der Waals surface area contributed by atoms with Gasteiger partial charge < -0.3 is 19.7 Å². The fourth-order valence-corrected chi connectivity index (χ4v) is 2.02. The summed E-state index contributed by atoms with van der Waals surface area (Å²) in [6, 6.07) is -0.190. The second-order valence-corrected chi connectivity index (χ2v) is 5.84. The number of alkyl halides is 1. The molecule has 4 rings (SSSR count). The van der Waals surface area contributed by atoms with E-state index in [0.29, 0.717) is 4.91 Å². The third kappa shape index (κ3) is 12.6. The van der Waals surface area contributed by atoms with Crippen LogP contribution in [0.25, 0.3) is 0 Å². The van der Waals surface area contributed by atoms with E-state index in [2.05, 4.69) is 19.9 Å².